The lowest BCUT2D eigenvalue weighted by atomic mass is 10.1. The van der Waals surface area contributed by atoms with E-state index in [4.69, 9.17) is 5.73 Å². The van der Waals surface area contributed by atoms with E-state index in [2.05, 4.69) is 6.92 Å². The molecule has 0 aromatic carbocycles. The van der Waals surface area contributed by atoms with Gasteiger partial charge in [-0.2, -0.15) is 0 Å². The molecule has 0 radical (unpaired) electrons. The summed E-state index contributed by atoms with van der Waals surface area (Å²) in [6, 6.07) is 0. The molecule has 0 bridgehead atoms. The maximum atomic E-state index is 5.34. The van der Waals surface area contributed by atoms with Gasteiger partial charge in [0.15, 0.2) is 0 Å². The largest absolute Gasteiger partial charge is 0.330 e. The van der Waals surface area contributed by atoms with E-state index in [0.29, 0.717) is 0 Å². The quantitative estimate of drug-likeness (QED) is 0.658. The fraction of sp³-hybridized carbons (Fsp3) is 1.00. The van der Waals surface area contributed by atoms with Crippen molar-refractivity contribution < 1.29 is 0 Å². The van der Waals surface area contributed by atoms with Crippen LogP contribution < -0.4 is 5.73 Å². The molecular formula is C8H21Cl2N. The lowest BCUT2D eigenvalue weighted by Crippen LogP contribution is -1.97. The molecule has 11 heavy (non-hydrogen) atoms. The molecule has 72 valence electrons. The Labute approximate surface area is 82.9 Å². The number of hydrogen-bond donors (Lipinski definition) is 1. The second-order valence-corrected chi connectivity index (χ2v) is 2.56. The second-order valence-electron chi connectivity index (χ2n) is 2.56. The number of nitrogens with two attached hydrogens (primary N) is 1. The Morgan fingerprint density at radius 1 is 0.818 bits per heavy atom. The molecule has 0 saturated carbocycles. The van der Waals surface area contributed by atoms with Gasteiger partial charge in [0.1, 0.15) is 0 Å². The minimum Gasteiger partial charge on any atom is -0.330 e. The van der Waals surface area contributed by atoms with Crippen molar-refractivity contribution in [1.82, 2.24) is 0 Å². The van der Waals surface area contributed by atoms with Gasteiger partial charge in [0.05, 0.1) is 0 Å². The Balaban J connectivity index is -0.000000320. The van der Waals surface area contributed by atoms with Crippen LogP contribution in [-0.4, -0.2) is 6.54 Å². The predicted octanol–water partition coefficient (Wildman–Crippen LogP) is 3.15. The Hall–Kier alpha value is 0.540. The summed E-state index contributed by atoms with van der Waals surface area (Å²) in [6.45, 7) is 3.11. The van der Waals surface area contributed by atoms with Crippen LogP contribution in [0.25, 0.3) is 0 Å². The van der Waals surface area contributed by atoms with Crippen molar-refractivity contribution in [3.05, 3.63) is 0 Å². The lowest BCUT2D eigenvalue weighted by Gasteiger charge is -1.96. The standard InChI is InChI=1S/C8H19N.2ClH/c1-2-3-4-5-6-7-8-9;;/h2-9H2,1H3;2*1H. The first-order valence-corrected chi connectivity index (χ1v) is 4.12. The van der Waals surface area contributed by atoms with Crippen LogP contribution in [-0.2, 0) is 0 Å². The number of unbranched alkanes of at least 4 members (excludes halogenated alkanes) is 5. The van der Waals surface area contributed by atoms with Gasteiger partial charge in [-0.15, -0.1) is 24.8 Å². The molecule has 0 heterocycles. The fourth-order valence-corrected chi connectivity index (χ4v) is 0.925. The van der Waals surface area contributed by atoms with Crippen molar-refractivity contribution in [3.63, 3.8) is 0 Å². The van der Waals surface area contributed by atoms with Crippen LogP contribution >= 0.6 is 24.8 Å². The molecule has 0 fully saturated rings. The van der Waals surface area contributed by atoms with Gasteiger partial charge in [-0.05, 0) is 13.0 Å². The average Bonchev–Trinajstić information content (AvgIpc) is 1.89. The predicted molar refractivity (Wildman–Crippen MR) is 56.9 cm³/mol. The number of halogens is 2. The second kappa shape index (κ2) is 16.9. The summed E-state index contributed by atoms with van der Waals surface area (Å²) in [7, 11) is 0. The van der Waals surface area contributed by atoms with E-state index in [-0.39, 0.29) is 24.8 Å². The first kappa shape index (κ1) is 17.6. The van der Waals surface area contributed by atoms with Gasteiger partial charge < -0.3 is 5.73 Å². The van der Waals surface area contributed by atoms with Gasteiger partial charge in [0.2, 0.25) is 0 Å². The van der Waals surface area contributed by atoms with Gasteiger partial charge in [-0.25, -0.2) is 0 Å². The third-order valence-corrected chi connectivity index (χ3v) is 1.56. The highest BCUT2D eigenvalue weighted by Gasteiger charge is 1.85. The van der Waals surface area contributed by atoms with E-state index >= 15 is 0 Å². The maximum Gasteiger partial charge on any atom is -0.00773 e. The van der Waals surface area contributed by atoms with Crippen molar-refractivity contribution in [1.29, 1.82) is 0 Å². The van der Waals surface area contributed by atoms with Crippen LogP contribution in [0.2, 0.25) is 0 Å². The van der Waals surface area contributed by atoms with Gasteiger partial charge in [0.25, 0.3) is 0 Å². The molecular weight excluding hydrogens is 181 g/mol. The molecule has 0 aliphatic rings. The highest BCUT2D eigenvalue weighted by atomic mass is 35.5. The van der Waals surface area contributed by atoms with Crippen LogP contribution in [0.3, 0.4) is 0 Å². The minimum atomic E-state index is 0. The Morgan fingerprint density at radius 2 is 1.27 bits per heavy atom. The molecule has 2 N–H and O–H groups in total. The third kappa shape index (κ3) is 18.0. The van der Waals surface area contributed by atoms with Gasteiger partial charge in [-0.1, -0.05) is 39.0 Å². The molecule has 0 aromatic rings. The van der Waals surface area contributed by atoms with Crippen molar-refractivity contribution >= 4 is 24.8 Å². The highest BCUT2D eigenvalue weighted by Crippen LogP contribution is 2.03. The number of rotatable bonds is 6. The average molecular weight is 202 g/mol. The molecule has 0 spiro atoms. The molecule has 0 saturated heterocycles. The summed E-state index contributed by atoms with van der Waals surface area (Å²) < 4.78 is 0. The molecule has 0 unspecified atom stereocenters. The van der Waals surface area contributed by atoms with Crippen molar-refractivity contribution in [2.75, 3.05) is 6.54 Å². The zero-order valence-electron chi connectivity index (χ0n) is 7.34. The van der Waals surface area contributed by atoms with Crippen LogP contribution in [0.15, 0.2) is 0 Å². The molecule has 0 rings (SSSR count). The zero-order chi connectivity index (χ0) is 6.95. The third-order valence-electron chi connectivity index (χ3n) is 1.56. The van der Waals surface area contributed by atoms with Crippen molar-refractivity contribution in [2.24, 2.45) is 5.73 Å². The van der Waals surface area contributed by atoms with E-state index < -0.39 is 0 Å². The highest BCUT2D eigenvalue weighted by molar-refractivity contribution is 5.85. The molecule has 0 aromatic heterocycles. The molecule has 0 aliphatic heterocycles. The maximum absolute atomic E-state index is 5.34. The Morgan fingerprint density at radius 3 is 1.73 bits per heavy atom. The van der Waals surface area contributed by atoms with Crippen LogP contribution in [0.5, 0.6) is 0 Å². The van der Waals surface area contributed by atoms with Gasteiger partial charge >= 0.3 is 0 Å². The zero-order valence-corrected chi connectivity index (χ0v) is 8.98. The molecule has 0 atom stereocenters. The SMILES string of the molecule is CCCCCCCCN.Cl.Cl. The number of hydrogen-bond acceptors (Lipinski definition) is 1. The summed E-state index contributed by atoms with van der Waals surface area (Å²) >= 11 is 0. The lowest BCUT2D eigenvalue weighted by molar-refractivity contribution is 0.612. The van der Waals surface area contributed by atoms with Gasteiger partial charge in [0, 0.05) is 0 Å². The Kier molecular flexibility index (Phi) is 27.0. The summed E-state index contributed by atoms with van der Waals surface area (Å²) in [6.07, 6.45) is 8.05. The fourth-order valence-electron chi connectivity index (χ4n) is 0.925. The van der Waals surface area contributed by atoms with Crippen molar-refractivity contribution in [3.8, 4) is 0 Å². The molecule has 0 aliphatic carbocycles. The topological polar surface area (TPSA) is 26.0 Å². The van der Waals surface area contributed by atoms with E-state index in [0.717, 1.165) is 6.54 Å². The summed E-state index contributed by atoms with van der Waals surface area (Å²) in [5, 5.41) is 0. The van der Waals surface area contributed by atoms with Crippen LogP contribution in [0, 0.1) is 0 Å². The molecule has 1 nitrogen and oxygen atoms in total. The van der Waals surface area contributed by atoms with E-state index in [9.17, 15) is 0 Å². The normalized spacial score (nSPS) is 8.18. The smallest absolute Gasteiger partial charge is 0.00773 e. The summed E-state index contributed by atoms with van der Waals surface area (Å²) in [4.78, 5) is 0. The monoisotopic (exact) mass is 201 g/mol. The van der Waals surface area contributed by atoms with Crippen LogP contribution in [0.1, 0.15) is 45.4 Å². The molecule has 0 amide bonds. The Bertz CT molecular complexity index is 45.4. The molecule has 3 heteroatoms. The minimum absolute atomic E-state index is 0. The summed E-state index contributed by atoms with van der Waals surface area (Å²) in [5.74, 6) is 0. The summed E-state index contributed by atoms with van der Waals surface area (Å²) in [5.41, 5.74) is 5.34. The van der Waals surface area contributed by atoms with Crippen molar-refractivity contribution in [2.45, 2.75) is 45.4 Å². The van der Waals surface area contributed by atoms with E-state index in [1.165, 1.54) is 38.5 Å². The van der Waals surface area contributed by atoms with Gasteiger partial charge in [-0.3, -0.25) is 0 Å². The van der Waals surface area contributed by atoms with E-state index in [1.54, 1.807) is 0 Å². The first-order valence-electron chi connectivity index (χ1n) is 4.12. The first-order chi connectivity index (χ1) is 4.41. The van der Waals surface area contributed by atoms with E-state index in [1.807, 2.05) is 0 Å². The van der Waals surface area contributed by atoms with Crippen LogP contribution in [0.4, 0.5) is 0 Å².